The number of ether oxygens (including phenoxy) is 1. The molecule has 5 heteroatoms. The van der Waals surface area contributed by atoms with Gasteiger partial charge in [0.1, 0.15) is 0 Å². The van der Waals surface area contributed by atoms with Gasteiger partial charge in [0.2, 0.25) is 0 Å². The van der Waals surface area contributed by atoms with Gasteiger partial charge >= 0.3 is 6.03 Å². The van der Waals surface area contributed by atoms with Crippen molar-refractivity contribution in [3.05, 3.63) is 0 Å². The Balaban J connectivity index is 1.88. The van der Waals surface area contributed by atoms with Crippen LogP contribution in [0.3, 0.4) is 0 Å². The van der Waals surface area contributed by atoms with Crippen LogP contribution in [0.2, 0.25) is 0 Å². The number of fused-ring (bicyclic) bond motifs is 1. The van der Waals surface area contributed by atoms with Gasteiger partial charge in [0.15, 0.2) is 0 Å². The first-order valence-corrected chi connectivity index (χ1v) is 6.80. The average molecular weight is 256 g/mol. The first-order valence-electron chi connectivity index (χ1n) is 6.80. The summed E-state index contributed by atoms with van der Waals surface area (Å²) in [5.41, 5.74) is -0.000563. The van der Waals surface area contributed by atoms with Gasteiger partial charge in [-0.1, -0.05) is 20.8 Å². The van der Waals surface area contributed by atoms with Gasteiger partial charge in [0.25, 0.3) is 0 Å². The smallest absolute Gasteiger partial charge is 0.315 e. The van der Waals surface area contributed by atoms with Gasteiger partial charge < -0.3 is 20.5 Å². The quantitative estimate of drug-likeness (QED) is 0.699. The number of hydrogen-bond acceptors (Lipinski definition) is 3. The van der Waals surface area contributed by atoms with E-state index in [1.165, 1.54) is 0 Å². The summed E-state index contributed by atoms with van der Waals surface area (Å²) in [6.07, 6.45) is 2.03. The fourth-order valence-corrected chi connectivity index (χ4v) is 3.26. The summed E-state index contributed by atoms with van der Waals surface area (Å²) in [6.45, 7) is 6.98. The topological polar surface area (TPSA) is 70.6 Å². The highest BCUT2D eigenvalue weighted by Gasteiger charge is 2.59. The first-order chi connectivity index (χ1) is 8.50. The Kier molecular flexibility index (Phi) is 3.82. The summed E-state index contributed by atoms with van der Waals surface area (Å²) in [5.74, 6) is 0.444. The molecule has 0 aromatic rings. The second-order valence-electron chi connectivity index (χ2n) is 5.95. The number of carbonyl (C=O) groups excluding carboxylic acids is 1. The third-order valence-electron chi connectivity index (χ3n) is 4.44. The van der Waals surface area contributed by atoms with Gasteiger partial charge in [0, 0.05) is 24.0 Å². The largest absolute Gasteiger partial charge is 0.394 e. The maximum atomic E-state index is 11.9. The van der Waals surface area contributed by atoms with Gasteiger partial charge in [-0.3, -0.25) is 0 Å². The van der Waals surface area contributed by atoms with Crippen LogP contribution in [0.4, 0.5) is 4.79 Å². The molecule has 0 spiro atoms. The Hall–Kier alpha value is -0.810. The Bertz CT molecular complexity index is 315. The van der Waals surface area contributed by atoms with E-state index in [2.05, 4.69) is 24.5 Å². The average Bonchev–Trinajstić information content (AvgIpc) is 2.79. The molecule has 2 fully saturated rings. The van der Waals surface area contributed by atoms with E-state index in [0.29, 0.717) is 5.92 Å². The number of aliphatic hydroxyl groups is 1. The second kappa shape index (κ2) is 5.05. The number of carbonyl (C=O) groups is 1. The highest BCUT2D eigenvalue weighted by atomic mass is 16.5. The van der Waals surface area contributed by atoms with E-state index in [4.69, 9.17) is 9.84 Å². The zero-order chi connectivity index (χ0) is 13.3. The lowest BCUT2D eigenvalue weighted by atomic mass is 9.57. The molecule has 0 radical (unpaired) electrons. The first kappa shape index (κ1) is 13.6. The standard InChI is InChI=1S/C13H24N2O3/c1-4-8(7-16)14-12(17)15-10-9-5-6-18-11(9)13(10,2)3/h8-11,16H,4-7H2,1-3H3,(H2,14,15,17). The van der Waals surface area contributed by atoms with Crippen LogP contribution in [0.25, 0.3) is 0 Å². The Labute approximate surface area is 108 Å². The number of amides is 2. The number of hydrogen-bond donors (Lipinski definition) is 3. The number of rotatable bonds is 4. The molecular formula is C13H24N2O3. The normalized spacial score (nSPS) is 34.3. The number of aliphatic hydroxyl groups excluding tert-OH is 1. The Morgan fingerprint density at radius 1 is 1.56 bits per heavy atom. The molecular weight excluding hydrogens is 232 g/mol. The van der Waals surface area contributed by atoms with Gasteiger partial charge in [-0.25, -0.2) is 4.79 Å². The van der Waals surface area contributed by atoms with Crippen molar-refractivity contribution in [3.63, 3.8) is 0 Å². The van der Waals surface area contributed by atoms with Crippen LogP contribution in [0.1, 0.15) is 33.6 Å². The lowest BCUT2D eigenvalue weighted by molar-refractivity contribution is -0.108. The third kappa shape index (κ3) is 2.21. The van der Waals surface area contributed by atoms with Crippen molar-refractivity contribution in [3.8, 4) is 0 Å². The minimum absolute atomic E-state index is 0.000563. The molecule has 5 nitrogen and oxygen atoms in total. The molecule has 1 saturated carbocycles. The maximum absolute atomic E-state index is 11.9. The van der Waals surface area contributed by atoms with Gasteiger partial charge in [-0.15, -0.1) is 0 Å². The predicted molar refractivity (Wildman–Crippen MR) is 68.2 cm³/mol. The van der Waals surface area contributed by atoms with Crippen molar-refractivity contribution in [2.24, 2.45) is 11.3 Å². The molecule has 4 atom stereocenters. The monoisotopic (exact) mass is 256 g/mol. The summed E-state index contributed by atoms with van der Waals surface area (Å²) in [4.78, 5) is 11.9. The van der Waals surface area contributed by atoms with Crippen LogP contribution in [0.5, 0.6) is 0 Å². The highest BCUT2D eigenvalue weighted by molar-refractivity contribution is 5.75. The van der Waals surface area contributed by atoms with Crippen LogP contribution in [0, 0.1) is 11.3 Å². The maximum Gasteiger partial charge on any atom is 0.315 e. The van der Waals surface area contributed by atoms with Crippen molar-refractivity contribution >= 4 is 6.03 Å². The minimum Gasteiger partial charge on any atom is -0.394 e. The highest BCUT2D eigenvalue weighted by Crippen LogP contribution is 2.51. The molecule has 0 aromatic heterocycles. The van der Waals surface area contributed by atoms with Crippen molar-refractivity contribution in [1.82, 2.24) is 10.6 Å². The number of urea groups is 1. The fraction of sp³-hybridized carbons (Fsp3) is 0.923. The Morgan fingerprint density at radius 3 is 2.89 bits per heavy atom. The lowest BCUT2D eigenvalue weighted by Crippen LogP contribution is -2.68. The molecule has 3 N–H and O–H groups in total. The van der Waals surface area contributed by atoms with Gasteiger partial charge in [-0.2, -0.15) is 0 Å². The number of nitrogens with one attached hydrogen (secondary N) is 2. The molecule has 1 heterocycles. The molecule has 18 heavy (non-hydrogen) atoms. The predicted octanol–water partition coefficient (Wildman–Crippen LogP) is 0.870. The summed E-state index contributed by atoms with van der Waals surface area (Å²) in [5, 5.41) is 14.9. The molecule has 1 aliphatic carbocycles. The van der Waals surface area contributed by atoms with E-state index in [1.807, 2.05) is 6.92 Å². The van der Waals surface area contributed by atoms with Crippen molar-refractivity contribution in [2.75, 3.05) is 13.2 Å². The molecule has 104 valence electrons. The van der Waals surface area contributed by atoms with Crippen molar-refractivity contribution in [1.29, 1.82) is 0 Å². The van der Waals surface area contributed by atoms with E-state index < -0.39 is 0 Å². The van der Waals surface area contributed by atoms with E-state index in [-0.39, 0.29) is 36.2 Å². The second-order valence-corrected chi connectivity index (χ2v) is 5.95. The molecule has 2 rings (SSSR count). The van der Waals surface area contributed by atoms with E-state index in [0.717, 1.165) is 19.4 Å². The summed E-state index contributed by atoms with van der Waals surface area (Å²) in [6, 6.07) is -0.177. The van der Waals surface area contributed by atoms with Crippen molar-refractivity contribution in [2.45, 2.75) is 51.8 Å². The molecule has 4 unspecified atom stereocenters. The zero-order valence-electron chi connectivity index (χ0n) is 11.4. The zero-order valence-corrected chi connectivity index (χ0v) is 11.4. The molecule has 1 saturated heterocycles. The van der Waals surface area contributed by atoms with Crippen LogP contribution in [-0.2, 0) is 4.74 Å². The lowest BCUT2D eigenvalue weighted by Gasteiger charge is -2.54. The van der Waals surface area contributed by atoms with Crippen LogP contribution in [-0.4, -0.2) is 42.5 Å². The minimum atomic E-state index is -0.181. The van der Waals surface area contributed by atoms with E-state index in [1.54, 1.807) is 0 Å². The van der Waals surface area contributed by atoms with Gasteiger partial charge in [0.05, 0.1) is 18.8 Å². The molecule has 0 aromatic carbocycles. The molecule has 2 aliphatic rings. The van der Waals surface area contributed by atoms with Gasteiger partial charge in [-0.05, 0) is 12.8 Å². The summed E-state index contributed by atoms with van der Waals surface area (Å²) < 4.78 is 5.69. The molecule has 0 bridgehead atoms. The van der Waals surface area contributed by atoms with Crippen LogP contribution >= 0.6 is 0 Å². The fourth-order valence-electron chi connectivity index (χ4n) is 3.26. The molecule has 2 amide bonds. The van der Waals surface area contributed by atoms with E-state index in [9.17, 15) is 4.79 Å². The SMILES string of the molecule is CCC(CO)NC(=O)NC1C2CCOC2C1(C)C. The van der Waals surface area contributed by atoms with Crippen molar-refractivity contribution < 1.29 is 14.6 Å². The Morgan fingerprint density at radius 2 is 2.28 bits per heavy atom. The van der Waals surface area contributed by atoms with E-state index >= 15 is 0 Å². The molecule has 1 aliphatic heterocycles. The van der Waals surface area contributed by atoms with Crippen LogP contribution < -0.4 is 10.6 Å². The van der Waals surface area contributed by atoms with Crippen LogP contribution in [0.15, 0.2) is 0 Å². The summed E-state index contributed by atoms with van der Waals surface area (Å²) in [7, 11) is 0. The third-order valence-corrected chi connectivity index (χ3v) is 4.44. The summed E-state index contributed by atoms with van der Waals surface area (Å²) >= 11 is 0.